The number of nitrogen functional groups attached to an aromatic ring is 1. The van der Waals surface area contributed by atoms with Crippen molar-refractivity contribution in [2.45, 2.75) is 6.54 Å². The molecule has 2 heterocycles. The zero-order valence-electron chi connectivity index (χ0n) is 9.04. The number of carbonyl (C=O) groups is 1. The van der Waals surface area contributed by atoms with Crippen molar-refractivity contribution in [1.82, 2.24) is 19.5 Å². The molecular weight excluding hydrogens is 222 g/mol. The number of anilines is 1. The number of esters is 1. The summed E-state index contributed by atoms with van der Waals surface area (Å²) >= 11 is 0. The van der Waals surface area contributed by atoms with Gasteiger partial charge in [-0.05, 0) is 0 Å². The van der Waals surface area contributed by atoms with Crippen molar-refractivity contribution < 1.29 is 9.53 Å². The summed E-state index contributed by atoms with van der Waals surface area (Å²) in [6.07, 6.45) is 4.06. The summed E-state index contributed by atoms with van der Waals surface area (Å²) in [7, 11) is 0. The van der Waals surface area contributed by atoms with Crippen LogP contribution in [0, 0.1) is 0 Å². The third kappa shape index (κ3) is 2.22. The number of nitrogens with zero attached hydrogens (tertiary/aromatic N) is 4. The largest absolute Gasteiger partial charge is 0.461 e. The van der Waals surface area contributed by atoms with Crippen LogP contribution in [0.3, 0.4) is 0 Å². The zero-order valence-corrected chi connectivity index (χ0v) is 9.04. The molecule has 0 atom stereocenters. The van der Waals surface area contributed by atoms with E-state index in [4.69, 9.17) is 10.5 Å². The van der Waals surface area contributed by atoms with Gasteiger partial charge in [-0.15, -0.1) is 0 Å². The minimum absolute atomic E-state index is 0.222. The van der Waals surface area contributed by atoms with Crippen LogP contribution in [0.15, 0.2) is 25.3 Å². The van der Waals surface area contributed by atoms with Gasteiger partial charge < -0.3 is 15.0 Å². The van der Waals surface area contributed by atoms with Gasteiger partial charge in [0.15, 0.2) is 11.5 Å². The van der Waals surface area contributed by atoms with Gasteiger partial charge in [-0.3, -0.25) is 0 Å². The number of carbonyl (C=O) groups excluding carboxylic acids is 1. The standard InChI is InChI=1S/C10H11N5O2/c1-2-7(16)17-4-3-15-6-14-8-9(11)12-5-13-10(8)15/h2,5-6H,1,3-4H2,(H2,11,12,13). The Morgan fingerprint density at radius 2 is 2.35 bits per heavy atom. The molecule has 0 radical (unpaired) electrons. The summed E-state index contributed by atoms with van der Waals surface area (Å²) in [6, 6.07) is 0. The van der Waals surface area contributed by atoms with Crippen LogP contribution in [0.1, 0.15) is 0 Å². The first kappa shape index (κ1) is 11.1. The maximum absolute atomic E-state index is 10.8. The number of ether oxygens (including phenoxy) is 1. The van der Waals surface area contributed by atoms with Gasteiger partial charge in [0.1, 0.15) is 18.5 Å². The fourth-order valence-corrected chi connectivity index (χ4v) is 1.37. The van der Waals surface area contributed by atoms with E-state index in [1.54, 1.807) is 10.9 Å². The molecule has 2 aromatic rings. The molecule has 0 aliphatic carbocycles. The Morgan fingerprint density at radius 3 is 3.12 bits per heavy atom. The highest BCUT2D eigenvalue weighted by Gasteiger charge is 2.07. The molecule has 17 heavy (non-hydrogen) atoms. The normalized spacial score (nSPS) is 10.4. The molecule has 0 spiro atoms. The molecule has 0 aliphatic heterocycles. The predicted octanol–water partition coefficient (Wildman–Crippen LogP) is 0.138. The van der Waals surface area contributed by atoms with E-state index in [1.807, 2.05) is 0 Å². The lowest BCUT2D eigenvalue weighted by molar-refractivity contribution is -0.137. The number of hydrogen-bond donors (Lipinski definition) is 1. The first-order valence-electron chi connectivity index (χ1n) is 4.93. The molecule has 0 saturated carbocycles. The van der Waals surface area contributed by atoms with Gasteiger partial charge in [-0.25, -0.2) is 19.7 Å². The zero-order chi connectivity index (χ0) is 12.3. The molecular formula is C10H11N5O2. The van der Waals surface area contributed by atoms with Crippen molar-refractivity contribution in [3.05, 3.63) is 25.3 Å². The van der Waals surface area contributed by atoms with Gasteiger partial charge in [-0.2, -0.15) is 0 Å². The molecule has 88 valence electrons. The predicted molar refractivity (Wildman–Crippen MR) is 60.9 cm³/mol. The van der Waals surface area contributed by atoms with Gasteiger partial charge in [0, 0.05) is 6.08 Å². The maximum Gasteiger partial charge on any atom is 0.330 e. The van der Waals surface area contributed by atoms with E-state index in [0.717, 1.165) is 6.08 Å². The Labute approximate surface area is 96.9 Å². The van der Waals surface area contributed by atoms with Crippen LogP contribution in [0.4, 0.5) is 5.82 Å². The second kappa shape index (κ2) is 4.60. The molecule has 7 heteroatoms. The first-order valence-corrected chi connectivity index (χ1v) is 4.93. The molecule has 2 rings (SSSR count). The highest BCUT2D eigenvalue weighted by molar-refractivity contribution is 5.81. The Morgan fingerprint density at radius 1 is 1.53 bits per heavy atom. The van der Waals surface area contributed by atoms with Gasteiger partial charge in [0.25, 0.3) is 0 Å². The minimum atomic E-state index is -0.455. The SMILES string of the molecule is C=CC(=O)OCCn1cnc2c(N)ncnc21. The van der Waals surface area contributed by atoms with Crippen LogP contribution in [0.25, 0.3) is 11.2 Å². The number of rotatable bonds is 4. The Balaban J connectivity index is 2.12. The van der Waals surface area contributed by atoms with Gasteiger partial charge in [0.2, 0.25) is 0 Å². The summed E-state index contributed by atoms with van der Waals surface area (Å²) in [5.41, 5.74) is 6.80. The molecule has 2 aromatic heterocycles. The highest BCUT2D eigenvalue weighted by atomic mass is 16.5. The second-order valence-electron chi connectivity index (χ2n) is 3.24. The summed E-state index contributed by atoms with van der Waals surface area (Å²) < 4.78 is 6.60. The van der Waals surface area contributed by atoms with E-state index in [1.165, 1.54) is 6.33 Å². The lowest BCUT2D eigenvalue weighted by Gasteiger charge is -2.03. The number of hydrogen-bond acceptors (Lipinski definition) is 6. The fraction of sp³-hybridized carbons (Fsp3) is 0.200. The summed E-state index contributed by atoms with van der Waals surface area (Å²) in [4.78, 5) is 22.8. The van der Waals surface area contributed by atoms with Crippen LogP contribution in [0.5, 0.6) is 0 Å². The quantitative estimate of drug-likeness (QED) is 0.596. The number of nitrogens with two attached hydrogens (primary N) is 1. The molecule has 0 bridgehead atoms. The Bertz CT molecular complexity index is 563. The van der Waals surface area contributed by atoms with E-state index in [9.17, 15) is 4.79 Å². The summed E-state index contributed by atoms with van der Waals surface area (Å²) in [5, 5.41) is 0. The third-order valence-electron chi connectivity index (χ3n) is 2.17. The number of aromatic nitrogens is 4. The van der Waals surface area contributed by atoms with E-state index in [2.05, 4.69) is 21.5 Å². The van der Waals surface area contributed by atoms with Crippen LogP contribution >= 0.6 is 0 Å². The average molecular weight is 233 g/mol. The van der Waals surface area contributed by atoms with Crippen molar-refractivity contribution in [2.24, 2.45) is 0 Å². The van der Waals surface area contributed by atoms with Crippen LogP contribution in [0.2, 0.25) is 0 Å². The molecule has 0 aromatic carbocycles. The minimum Gasteiger partial charge on any atom is -0.461 e. The van der Waals surface area contributed by atoms with Crippen molar-refractivity contribution in [1.29, 1.82) is 0 Å². The smallest absolute Gasteiger partial charge is 0.330 e. The summed E-state index contributed by atoms with van der Waals surface area (Å²) in [6.45, 7) is 3.98. The molecule has 0 amide bonds. The van der Waals surface area contributed by atoms with Crippen molar-refractivity contribution >= 4 is 23.0 Å². The number of fused-ring (bicyclic) bond motifs is 1. The molecule has 2 N–H and O–H groups in total. The van der Waals surface area contributed by atoms with Crippen LogP contribution in [-0.4, -0.2) is 32.1 Å². The van der Waals surface area contributed by atoms with Gasteiger partial charge in [-0.1, -0.05) is 6.58 Å². The Kier molecular flexibility index (Phi) is 2.99. The van der Waals surface area contributed by atoms with Crippen LogP contribution < -0.4 is 5.73 Å². The number of imidazole rings is 1. The highest BCUT2D eigenvalue weighted by Crippen LogP contribution is 2.13. The Hall–Kier alpha value is -2.44. The second-order valence-corrected chi connectivity index (χ2v) is 3.24. The molecule has 0 aliphatic rings. The van der Waals surface area contributed by atoms with Crippen molar-refractivity contribution in [3.63, 3.8) is 0 Å². The lowest BCUT2D eigenvalue weighted by atomic mass is 10.5. The monoisotopic (exact) mass is 233 g/mol. The maximum atomic E-state index is 10.8. The van der Waals surface area contributed by atoms with Gasteiger partial charge >= 0.3 is 5.97 Å². The topological polar surface area (TPSA) is 95.9 Å². The van der Waals surface area contributed by atoms with Gasteiger partial charge in [0.05, 0.1) is 12.9 Å². The molecule has 0 fully saturated rings. The van der Waals surface area contributed by atoms with E-state index in [0.29, 0.717) is 23.5 Å². The van der Waals surface area contributed by atoms with Crippen molar-refractivity contribution in [2.75, 3.05) is 12.3 Å². The van der Waals surface area contributed by atoms with Crippen molar-refractivity contribution in [3.8, 4) is 0 Å². The third-order valence-corrected chi connectivity index (χ3v) is 2.17. The van der Waals surface area contributed by atoms with Crippen LogP contribution in [-0.2, 0) is 16.1 Å². The lowest BCUT2D eigenvalue weighted by Crippen LogP contribution is -2.09. The first-order chi connectivity index (χ1) is 8.22. The molecule has 0 unspecified atom stereocenters. The molecule has 7 nitrogen and oxygen atoms in total. The fourth-order valence-electron chi connectivity index (χ4n) is 1.37. The van der Waals surface area contributed by atoms with E-state index >= 15 is 0 Å². The van der Waals surface area contributed by atoms with E-state index < -0.39 is 5.97 Å². The van der Waals surface area contributed by atoms with E-state index in [-0.39, 0.29) is 6.61 Å². The summed E-state index contributed by atoms with van der Waals surface area (Å²) in [5.74, 6) is -0.125. The average Bonchev–Trinajstić information content (AvgIpc) is 2.74. The molecule has 0 saturated heterocycles.